The third-order valence-corrected chi connectivity index (χ3v) is 3.40. The number of aromatic nitrogens is 2. The summed E-state index contributed by atoms with van der Waals surface area (Å²) in [6, 6.07) is 6.15. The molecule has 0 spiro atoms. The van der Waals surface area contributed by atoms with Gasteiger partial charge in [0.05, 0.1) is 6.54 Å². The average molecular weight is 273 g/mol. The molecule has 5 nitrogen and oxygen atoms in total. The molecule has 106 valence electrons. The van der Waals surface area contributed by atoms with Crippen molar-refractivity contribution in [2.24, 2.45) is 7.05 Å². The van der Waals surface area contributed by atoms with Crippen LogP contribution >= 0.6 is 0 Å². The van der Waals surface area contributed by atoms with Crippen LogP contribution in [0, 0.1) is 0 Å². The quantitative estimate of drug-likeness (QED) is 0.839. The Morgan fingerprint density at radius 3 is 2.90 bits per heavy atom. The van der Waals surface area contributed by atoms with E-state index in [0.29, 0.717) is 13.2 Å². The van der Waals surface area contributed by atoms with Crippen molar-refractivity contribution >= 4 is 0 Å². The van der Waals surface area contributed by atoms with E-state index < -0.39 is 0 Å². The maximum absolute atomic E-state index is 5.59. The summed E-state index contributed by atoms with van der Waals surface area (Å²) in [6.07, 6.45) is 4.73. The Balaban J connectivity index is 1.50. The second kappa shape index (κ2) is 5.96. The molecule has 0 unspecified atom stereocenters. The number of ether oxygens (including phenoxy) is 2. The normalized spacial score (nSPS) is 13.4. The zero-order chi connectivity index (χ0) is 13.8. The maximum Gasteiger partial charge on any atom is 0.161 e. The summed E-state index contributed by atoms with van der Waals surface area (Å²) in [5, 5.41) is 3.40. The van der Waals surface area contributed by atoms with Gasteiger partial charge in [-0.25, -0.2) is 4.98 Å². The van der Waals surface area contributed by atoms with Crippen LogP contribution in [0.5, 0.6) is 11.5 Å². The summed E-state index contributed by atoms with van der Waals surface area (Å²) >= 11 is 0. The number of hydrogen-bond donors (Lipinski definition) is 1. The lowest BCUT2D eigenvalue weighted by atomic mass is 10.1. The van der Waals surface area contributed by atoms with Gasteiger partial charge in [0, 0.05) is 19.4 Å². The van der Waals surface area contributed by atoms with E-state index in [9.17, 15) is 0 Å². The van der Waals surface area contributed by atoms with E-state index in [1.807, 2.05) is 30.1 Å². The van der Waals surface area contributed by atoms with Crippen LogP contribution in [-0.2, 0) is 20.0 Å². The number of hydrogen-bond acceptors (Lipinski definition) is 4. The Morgan fingerprint density at radius 2 is 2.10 bits per heavy atom. The van der Waals surface area contributed by atoms with Crippen molar-refractivity contribution < 1.29 is 9.47 Å². The first-order chi connectivity index (χ1) is 9.83. The summed E-state index contributed by atoms with van der Waals surface area (Å²) in [7, 11) is 2.00. The second-order valence-electron chi connectivity index (χ2n) is 4.86. The van der Waals surface area contributed by atoms with Gasteiger partial charge in [-0.3, -0.25) is 0 Å². The van der Waals surface area contributed by atoms with Gasteiger partial charge in [-0.05, 0) is 30.7 Å². The van der Waals surface area contributed by atoms with E-state index in [0.717, 1.165) is 36.8 Å². The highest BCUT2D eigenvalue weighted by atomic mass is 16.6. The molecule has 1 aliphatic heterocycles. The van der Waals surface area contributed by atoms with Crippen LogP contribution in [0.4, 0.5) is 0 Å². The van der Waals surface area contributed by atoms with Crippen molar-refractivity contribution in [2.45, 2.75) is 13.0 Å². The van der Waals surface area contributed by atoms with Gasteiger partial charge in [0.15, 0.2) is 11.5 Å². The van der Waals surface area contributed by atoms with Gasteiger partial charge < -0.3 is 19.4 Å². The minimum Gasteiger partial charge on any atom is -0.486 e. The predicted octanol–water partition coefficient (Wildman–Crippen LogP) is 1.52. The van der Waals surface area contributed by atoms with Crippen molar-refractivity contribution in [3.8, 4) is 11.5 Å². The molecule has 0 bridgehead atoms. The van der Waals surface area contributed by atoms with Crippen LogP contribution in [0.25, 0.3) is 0 Å². The molecule has 0 saturated heterocycles. The Morgan fingerprint density at radius 1 is 1.25 bits per heavy atom. The Hall–Kier alpha value is -2.01. The summed E-state index contributed by atoms with van der Waals surface area (Å²) in [4.78, 5) is 4.28. The fourth-order valence-electron chi connectivity index (χ4n) is 2.24. The summed E-state index contributed by atoms with van der Waals surface area (Å²) in [5.41, 5.74) is 1.25. The van der Waals surface area contributed by atoms with Crippen LogP contribution in [0.2, 0.25) is 0 Å². The lowest BCUT2D eigenvalue weighted by Crippen LogP contribution is -2.19. The molecule has 3 rings (SSSR count). The molecule has 0 amide bonds. The van der Waals surface area contributed by atoms with Crippen molar-refractivity contribution in [2.75, 3.05) is 19.8 Å². The Bertz CT molecular complexity index is 580. The van der Waals surface area contributed by atoms with Gasteiger partial charge in [-0.15, -0.1) is 0 Å². The number of aryl methyl sites for hydroxylation is 1. The minimum atomic E-state index is 0.633. The molecular formula is C15H19N3O2. The van der Waals surface area contributed by atoms with Crippen LogP contribution in [-0.4, -0.2) is 29.3 Å². The van der Waals surface area contributed by atoms with Crippen LogP contribution in [0.3, 0.4) is 0 Å². The molecule has 0 atom stereocenters. The average Bonchev–Trinajstić information content (AvgIpc) is 2.89. The van der Waals surface area contributed by atoms with E-state index in [1.165, 1.54) is 5.56 Å². The van der Waals surface area contributed by atoms with Crippen molar-refractivity contribution in [3.05, 3.63) is 42.0 Å². The molecule has 2 heterocycles. The number of fused-ring (bicyclic) bond motifs is 1. The monoisotopic (exact) mass is 273 g/mol. The number of nitrogens with one attached hydrogen (secondary N) is 1. The van der Waals surface area contributed by atoms with Gasteiger partial charge in [0.1, 0.15) is 19.0 Å². The SMILES string of the molecule is Cn1ccnc1CNCCc1ccc2c(c1)OCCO2. The first-order valence-electron chi connectivity index (χ1n) is 6.88. The van der Waals surface area contributed by atoms with Gasteiger partial charge in [-0.1, -0.05) is 6.07 Å². The topological polar surface area (TPSA) is 48.3 Å². The molecule has 0 aliphatic carbocycles. The van der Waals surface area contributed by atoms with Gasteiger partial charge >= 0.3 is 0 Å². The molecule has 1 N–H and O–H groups in total. The zero-order valence-corrected chi connectivity index (χ0v) is 11.6. The molecule has 5 heteroatoms. The standard InChI is InChI=1S/C15H19N3O2/c1-18-7-6-17-15(18)11-16-5-4-12-2-3-13-14(10-12)20-9-8-19-13/h2-3,6-7,10,16H,4-5,8-9,11H2,1H3. The molecule has 1 aromatic heterocycles. The highest BCUT2D eigenvalue weighted by Crippen LogP contribution is 2.30. The fourth-order valence-corrected chi connectivity index (χ4v) is 2.24. The van der Waals surface area contributed by atoms with E-state index in [2.05, 4.69) is 22.4 Å². The summed E-state index contributed by atoms with van der Waals surface area (Å²) < 4.78 is 13.1. The molecule has 20 heavy (non-hydrogen) atoms. The van der Waals surface area contributed by atoms with Crippen LogP contribution in [0.15, 0.2) is 30.6 Å². The number of imidazole rings is 1. The van der Waals surface area contributed by atoms with Crippen molar-refractivity contribution in [1.82, 2.24) is 14.9 Å². The van der Waals surface area contributed by atoms with Gasteiger partial charge in [-0.2, -0.15) is 0 Å². The van der Waals surface area contributed by atoms with Gasteiger partial charge in [0.25, 0.3) is 0 Å². The molecular weight excluding hydrogens is 254 g/mol. The van der Waals surface area contributed by atoms with Crippen LogP contribution in [0.1, 0.15) is 11.4 Å². The molecule has 0 radical (unpaired) electrons. The second-order valence-corrected chi connectivity index (χ2v) is 4.86. The minimum absolute atomic E-state index is 0.633. The molecule has 0 fully saturated rings. The first-order valence-corrected chi connectivity index (χ1v) is 6.88. The van der Waals surface area contributed by atoms with E-state index in [-0.39, 0.29) is 0 Å². The maximum atomic E-state index is 5.59. The third-order valence-electron chi connectivity index (χ3n) is 3.40. The summed E-state index contributed by atoms with van der Waals surface area (Å²) in [6.45, 7) is 2.96. The van der Waals surface area contributed by atoms with E-state index in [1.54, 1.807) is 0 Å². The smallest absolute Gasteiger partial charge is 0.161 e. The molecule has 1 aromatic carbocycles. The fraction of sp³-hybridized carbons (Fsp3) is 0.400. The predicted molar refractivity (Wildman–Crippen MR) is 76.1 cm³/mol. The molecule has 0 saturated carbocycles. The molecule has 1 aliphatic rings. The lowest BCUT2D eigenvalue weighted by Gasteiger charge is -2.18. The van der Waals surface area contributed by atoms with E-state index in [4.69, 9.17) is 9.47 Å². The first kappa shape index (κ1) is 13.0. The zero-order valence-electron chi connectivity index (χ0n) is 11.6. The van der Waals surface area contributed by atoms with Crippen molar-refractivity contribution in [3.63, 3.8) is 0 Å². The van der Waals surface area contributed by atoms with Crippen LogP contribution < -0.4 is 14.8 Å². The number of benzene rings is 1. The van der Waals surface area contributed by atoms with Crippen molar-refractivity contribution in [1.29, 1.82) is 0 Å². The largest absolute Gasteiger partial charge is 0.486 e. The number of rotatable bonds is 5. The lowest BCUT2D eigenvalue weighted by molar-refractivity contribution is 0.171. The van der Waals surface area contributed by atoms with E-state index >= 15 is 0 Å². The Kier molecular flexibility index (Phi) is 3.87. The highest BCUT2D eigenvalue weighted by molar-refractivity contribution is 5.43. The highest BCUT2D eigenvalue weighted by Gasteiger charge is 2.11. The summed E-state index contributed by atoms with van der Waals surface area (Å²) in [5.74, 6) is 2.76. The molecule has 2 aromatic rings. The third kappa shape index (κ3) is 2.93. The number of nitrogens with zero attached hydrogens (tertiary/aromatic N) is 2. The Labute approximate surface area is 118 Å². The van der Waals surface area contributed by atoms with Gasteiger partial charge in [0.2, 0.25) is 0 Å².